The van der Waals surface area contributed by atoms with E-state index in [2.05, 4.69) is 0 Å². The predicted molar refractivity (Wildman–Crippen MR) is 43.4 cm³/mol. The average Bonchev–Trinajstić information content (AvgIpc) is 2.36. The molecular formula is C7H10O4S. The van der Waals surface area contributed by atoms with Crippen molar-refractivity contribution < 1.29 is 17.4 Å². The van der Waals surface area contributed by atoms with E-state index in [1.165, 1.54) is 6.26 Å². The molecule has 0 aromatic carbocycles. The van der Waals surface area contributed by atoms with Crippen LogP contribution in [0.3, 0.4) is 0 Å². The van der Waals surface area contributed by atoms with Crippen LogP contribution >= 0.6 is 0 Å². The van der Waals surface area contributed by atoms with Gasteiger partial charge in [0.15, 0.2) is 0 Å². The van der Waals surface area contributed by atoms with Crippen molar-refractivity contribution in [1.29, 1.82) is 0 Å². The number of hydrogen-bond donors (Lipinski definition) is 1. The zero-order chi connectivity index (χ0) is 9.03. The van der Waals surface area contributed by atoms with E-state index in [-0.39, 0.29) is 5.75 Å². The van der Waals surface area contributed by atoms with Gasteiger partial charge in [-0.15, -0.1) is 0 Å². The fraction of sp³-hybridized carbons (Fsp3) is 0.429. The van der Waals surface area contributed by atoms with Gasteiger partial charge in [-0.05, 0) is 18.6 Å². The molecule has 4 nitrogen and oxygen atoms in total. The fourth-order valence-corrected chi connectivity index (χ4v) is 1.39. The third-order valence-corrected chi connectivity index (χ3v) is 2.21. The van der Waals surface area contributed by atoms with Crippen molar-refractivity contribution in [1.82, 2.24) is 0 Å². The topological polar surface area (TPSA) is 67.5 Å². The van der Waals surface area contributed by atoms with Crippen molar-refractivity contribution in [3.63, 3.8) is 0 Å². The van der Waals surface area contributed by atoms with Gasteiger partial charge in [0.25, 0.3) is 10.1 Å². The Balaban J connectivity index is 2.29. The van der Waals surface area contributed by atoms with Crippen LogP contribution < -0.4 is 0 Å². The highest BCUT2D eigenvalue weighted by Crippen LogP contribution is 2.04. The van der Waals surface area contributed by atoms with Crippen molar-refractivity contribution >= 4 is 10.1 Å². The van der Waals surface area contributed by atoms with E-state index < -0.39 is 10.1 Å². The fourth-order valence-electron chi connectivity index (χ4n) is 0.884. The quantitative estimate of drug-likeness (QED) is 0.722. The van der Waals surface area contributed by atoms with E-state index in [4.69, 9.17) is 8.97 Å². The van der Waals surface area contributed by atoms with E-state index in [1.54, 1.807) is 12.1 Å². The molecule has 68 valence electrons. The summed E-state index contributed by atoms with van der Waals surface area (Å²) in [5.41, 5.74) is 0. The molecule has 1 N–H and O–H groups in total. The van der Waals surface area contributed by atoms with Gasteiger partial charge in [0.1, 0.15) is 5.76 Å². The summed E-state index contributed by atoms with van der Waals surface area (Å²) in [5, 5.41) is 0. The second-order valence-corrected chi connectivity index (χ2v) is 4.04. The van der Waals surface area contributed by atoms with Crippen LogP contribution in [0.15, 0.2) is 22.8 Å². The lowest BCUT2D eigenvalue weighted by Gasteiger charge is -1.94. The zero-order valence-corrected chi connectivity index (χ0v) is 7.25. The van der Waals surface area contributed by atoms with Crippen molar-refractivity contribution in [2.45, 2.75) is 12.8 Å². The molecule has 1 aromatic heterocycles. The third kappa shape index (κ3) is 3.54. The molecule has 0 unspecified atom stereocenters. The maximum atomic E-state index is 10.3. The highest BCUT2D eigenvalue weighted by molar-refractivity contribution is 7.85. The van der Waals surface area contributed by atoms with E-state index in [0.717, 1.165) is 5.76 Å². The summed E-state index contributed by atoms with van der Waals surface area (Å²) in [4.78, 5) is 0. The maximum absolute atomic E-state index is 10.3. The highest BCUT2D eigenvalue weighted by atomic mass is 32.2. The summed E-state index contributed by atoms with van der Waals surface area (Å²) in [5.74, 6) is 0.520. The summed E-state index contributed by atoms with van der Waals surface area (Å²) < 4.78 is 33.9. The maximum Gasteiger partial charge on any atom is 0.264 e. The van der Waals surface area contributed by atoms with E-state index in [1.807, 2.05) is 0 Å². The molecular weight excluding hydrogens is 180 g/mol. The lowest BCUT2D eigenvalue weighted by Crippen LogP contribution is -2.04. The summed E-state index contributed by atoms with van der Waals surface area (Å²) >= 11 is 0. The van der Waals surface area contributed by atoms with Crippen LogP contribution in [0.1, 0.15) is 12.2 Å². The molecule has 0 spiro atoms. The van der Waals surface area contributed by atoms with E-state index in [0.29, 0.717) is 12.8 Å². The van der Waals surface area contributed by atoms with Gasteiger partial charge in [-0.2, -0.15) is 8.42 Å². The van der Waals surface area contributed by atoms with Gasteiger partial charge in [-0.25, -0.2) is 0 Å². The van der Waals surface area contributed by atoms with Gasteiger partial charge in [0.2, 0.25) is 0 Å². The lowest BCUT2D eigenvalue weighted by atomic mass is 10.3. The van der Waals surface area contributed by atoms with Gasteiger partial charge in [-0.3, -0.25) is 4.55 Å². The minimum absolute atomic E-state index is 0.215. The normalized spacial score (nSPS) is 11.8. The summed E-state index contributed by atoms with van der Waals surface area (Å²) in [6.45, 7) is 0. The zero-order valence-electron chi connectivity index (χ0n) is 6.43. The Hall–Kier alpha value is -0.810. The molecule has 0 atom stereocenters. The molecule has 0 radical (unpaired) electrons. The molecule has 5 heteroatoms. The molecule has 0 amide bonds. The van der Waals surface area contributed by atoms with E-state index in [9.17, 15) is 8.42 Å². The number of aryl methyl sites for hydroxylation is 1. The second-order valence-electron chi connectivity index (χ2n) is 2.47. The van der Waals surface area contributed by atoms with Gasteiger partial charge in [-0.1, -0.05) is 0 Å². The summed E-state index contributed by atoms with van der Waals surface area (Å²) in [6, 6.07) is 3.51. The van der Waals surface area contributed by atoms with Gasteiger partial charge < -0.3 is 4.42 Å². The predicted octanol–water partition coefficient (Wildman–Crippen LogP) is 1.10. The highest BCUT2D eigenvalue weighted by Gasteiger charge is 2.04. The largest absolute Gasteiger partial charge is 0.469 e. The molecule has 0 saturated heterocycles. The molecule has 0 fully saturated rings. The Kier molecular flexibility index (Phi) is 2.88. The minimum atomic E-state index is -3.82. The van der Waals surface area contributed by atoms with E-state index >= 15 is 0 Å². The monoisotopic (exact) mass is 190 g/mol. The van der Waals surface area contributed by atoms with Crippen molar-refractivity contribution in [3.05, 3.63) is 24.2 Å². The molecule has 0 aliphatic carbocycles. The van der Waals surface area contributed by atoms with Crippen LogP contribution in [0.4, 0.5) is 0 Å². The lowest BCUT2D eigenvalue weighted by molar-refractivity contribution is 0.475. The Labute approximate surface area is 70.9 Å². The Morgan fingerprint density at radius 3 is 2.75 bits per heavy atom. The first kappa shape index (κ1) is 9.28. The smallest absolute Gasteiger partial charge is 0.264 e. The van der Waals surface area contributed by atoms with Crippen molar-refractivity contribution in [2.24, 2.45) is 0 Å². The number of furan rings is 1. The van der Waals surface area contributed by atoms with Crippen LogP contribution in [0.25, 0.3) is 0 Å². The molecule has 1 heterocycles. The summed E-state index contributed by atoms with van der Waals surface area (Å²) in [6.07, 6.45) is 2.45. The van der Waals surface area contributed by atoms with Crippen molar-refractivity contribution in [3.8, 4) is 0 Å². The van der Waals surface area contributed by atoms with Gasteiger partial charge in [0, 0.05) is 6.42 Å². The second kappa shape index (κ2) is 3.73. The SMILES string of the molecule is O=S(=O)(O)CCCc1ccco1. The molecule has 0 aliphatic heterocycles. The Bertz CT molecular complexity index is 311. The van der Waals surface area contributed by atoms with Crippen LogP contribution in [-0.4, -0.2) is 18.7 Å². The molecule has 1 aromatic rings. The molecule has 12 heavy (non-hydrogen) atoms. The summed E-state index contributed by atoms with van der Waals surface area (Å²) in [7, 11) is -3.82. The van der Waals surface area contributed by atoms with Crippen LogP contribution in [0.2, 0.25) is 0 Å². The van der Waals surface area contributed by atoms with Crippen molar-refractivity contribution in [2.75, 3.05) is 5.75 Å². The van der Waals surface area contributed by atoms with Gasteiger partial charge >= 0.3 is 0 Å². The first-order chi connectivity index (χ1) is 5.58. The molecule has 0 bridgehead atoms. The average molecular weight is 190 g/mol. The Morgan fingerprint density at radius 2 is 2.25 bits per heavy atom. The van der Waals surface area contributed by atoms with Gasteiger partial charge in [0.05, 0.1) is 12.0 Å². The number of rotatable bonds is 4. The number of hydrogen-bond acceptors (Lipinski definition) is 3. The van der Waals surface area contributed by atoms with Crippen LogP contribution in [0, 0.1) is 0 Å². The molecule has 0 saturated carbocycles. The molecule has 1 rings (SSSR count). The first-order valence-electron chi connectivity index (χ1n) is 3.55. The molecule has 0 aliphatic rings. The Morgan fingerprint density at radius 1 is 1.50 bits per heavy atom. The minimum Gasteiger partial charge on any atom is -0.469 e. The third-order valence-electron chi connectivity index (χ3n) is 1.41. The van der Waals surface area contributed by atoms with Crippen LogP contribution in [0.5, 0.6) is 0 Å². The first-order valence-corrected chi connectivity index (χ1v) is 5.16. The van der Waals surface area contributed by atoms with Crippen LogP contribution in [-0.2, 0) is 16.5 Å². The standard InChI is InChI=1S/C7H10O4S/c8-12(9,10)6-2-4-7-3-1-5-11-7/h1,3,5H,2,4,6H2,(H,8,9,10).